The summed E-state index contributed by atoms with van der Waals surface area (Å²) in [4.78, 5) is 16.0. The third kappa shape index (κ3) is 2.72. The van der Waals surface area contributed by atoms with E-state index in [9.17, 15) is 4.79 Å². The van der Waals surface area contributed by atoms with E-state index in [1.165, 1.54) is 7.11 Å². The number of aryl methyl sites for hydroxylation is 1. The Bertz CT molecular complexity index is 407. The van der Waals surface area contributed by atoms with Crippen LogP contribution in [0.2, 0.25) is 0 Å². The van der Waals surface area contributed by atoms with Gasteiger partial charge in [-0.05, 0) is 19.8 Å². The molecular formula is C13H21NO4. The summed E-state index contributed by atoms with van der Waals surface area (Å²) in [5, 5.41) is 0. The van der Waals surface area contributed by atoms with Gasteiger partial charge in [-0.3, -0.25) is 0 Å². The summed E-state index contributed by atoms with van der Waals surface area (Å²) in [5.74, 6) is 0.120. The van der Waals surface area contributed by atoms with Crippen molar-refractivity contribution in [3.8, 4) is 0 Å². The molecule has 0 aromatic carbocycles. The molecular weight excluding hydrogens is 234 g/mol. The number of nitrogens with zero attached hydrogens (tertiary/aromatic N) is 1. The average Bonchev–Trinajstić information content (AvgIpc) is 2.82. The number of aromatic nitrogens is 1. The first kappa shape index (κ1) is 14.7. The lowest BCUT2D eigenvalue weighted by Gasteiger charge is -2.22. The van der Waals surface area contributed by atoms with Gasteiger partial charge < -0.3 is 13.9 Å². The lowest BCUT2D eigenvalue weighted by atomic mass is 10.0. The largest absolute Gasteiger partial charge is 0.463 e. The minimum atomic E-state index is -0.616. The lowest BCUT2D eigenvalue weighted by Crippen LogP contribution is -2.23. The van der Waals surface area contributed by atoms with Crippen molar-refractivity contribution in [3.05, 3.63) is 17.3 Å². The maximum Gasteiger partial charge on any atom is 0.375 e. The average molecular weight is 255 g/mol. The smallest absolute Gasteiger partial charge is 0.375 e. The molecule has 0 bridgehead atoms. The Kier molecular flexibility index (Phi) is 4.90. The highest BCUT2D eigenvalue weighted by molar-refractivity contribution is 5.87. The minimum absolute atomic E-state index is 0.186. The summed E-state index contributed by atoms with van der Waals surface area (Å²) in [6.07, 6.45) is 2.26. The second-order valence-corrected chi connectivity index (χ2v) is 4.32. The van der Waals surface area contributed by atoms with E-state index in [1.54, 1.807) is 7.11 Å². The maximum absolute atomic E-state index is 11.6. The van der Waals surface area contributed by atoms with Crippen LogP contribution in [0.5, 0.6) is 0 Å². The summed E-state index contributed by atoms with van der Waals surface area (Å²) in [5.41, 5.74) is 0.0189. The van der Waals surface area contributed by atoms with E-state index in [4.69, 9.17) is 13.9 Å². The fourth-order valence-electron chi connectivity index (χ4n) is 1.62. The molecule has 102 valence electrons. The Hall–Kier alpha value is -1.36. The van der Waals surface area contributed by atoms with Crippen LogP contribution in [0.4, 0.5) is 0 Å². The molecule has 18 heavy (non-hydrogen) atoms. The Balaban J connectivity index is 3.20. The van der Waals surface area contributed by atoms with Crippen molar-refractivity contribution in [2.75, 3.05) is 14.2 Å². The molecule has 1 rings (SSSR count). The van der Waals surface area contributed by atoms with E-state index in [0.29, 0.717) is 24.4 Å². The summed E-state index contributed by atoms with van der Waals surface area (Å²) >= 11 is 0. The molecule has 1 aromatic heterocycles. The van der Waals surface area contributed by atoms with Crippen molar-refractivity contribution in [1.29, 1.82) is 0 Å². The van der Waals surface area contributed by atoms with Crippen LogP contribution >= 0.6 is 0 Å². The fraction of sp³-hybridized carbons (Fsp3) is 0.692. The van der Waals surface area contributed by atoms with Gasteiger partial charge in [0.25, 0.3) is 0 Å². The highest BCUT2D eigenvalue weighted by Gasteiger charge is 2.33. The highest BCUT2D eigenvalue weighted by atomic mass is 16.5. The van der Waals surface area contributed by atoms with Crippen LogP contribution in [0.15, 0.2) is 4.42 Å². The molecule has 0 saturated heterocycles. The molecule has 1 heterocycles. The summed E-state index contributed by atoms with van der Waals surface area (Å²) in [6, 6.07) is 0. The molecule has 0 aliphatic rings. The fourth-order valence-corrected chi connectivity index (χ4v) is 1.62. The third-order valence-corrected chi connectivity index (χ3v) is 3.13. The molecule has 0 radical (unpaired) electrons. The molecule has 1 aromatic rings. The molecule has 0 fully saturated rings. The monoisotopic (exact) mass is 255 g/mol. The lowest BCUT2D eigenvalue weighted by molar-refractivity contribution is -0.0243. The summed E-state index contributed by atoms with van der Waals surface area (Å²) < 4.78 is 15.7. The second-order valence-electron chi connectivity index (χ2n) is 4.32. The number of rotatable bonds is 6. The first-order valence-electron chi connectivity index (χ1n) is 6.16. The Morgan fingerprint density at radius 1 is 1.39 bits per heavy atom. The van der Waals surface area contributed by atoms with Gasteiger partial charge in [0.05, 0.1) is 12.8 Å². The van der Waals surface area contributed by atoms with Gasteiger partial charge in [0.15, 0.2) is 0 Å². The quantitative estimate of drug-likeness (QED) is 0.731. The van der Waals surface area contributed by atoms with Gasteiger partial charge in [-0.2, -0.15) is 0 Å². The summed E-state index contributed by atoms with van der Waals surface area (Å²) in [7, 11) is 2.93. The predicted molar refractivity (Wildman–Crippen MR) is 66.5 cm³/mol. The van der Waals surface area contributed by atoms with Gasteiger partial charge in [0.1, 0.15) is 5.60 Å². The van der Waals surface area contributed by atoms with Crippen LogP contribution in [0.1, 0.15) is 55.8 Å². The number of carbonyl (C=O) groups is 1. The molecule has 1 atom stereocenters. The number of methoxy groups -OCH3 is 2. The van der Waals surface area contributed by atoms with Gasteiger partial charge in [-0.15, -0.1) is 0 Å². The van der Waals surface area contributed by atoms with Crippen molar-refractivity contribution in [3.63, 3.8) is 0 Å². The van der Waals surface area contributed by atoms with E-state index >= 15 is 0 Å². The van der Waals surface area contributed by atoms with Crippen molar-refractivity contribution in [2.45, 2.75) is 45.6 Å². The molecule has 0 amide bonds. The van der Waals surface area contributed by atoms with Crippen LogP contribution in [0, 0.1) is 0 Å². The zero-order valence-electron chi connectivity index (χ0n) is 11.7. The summed E-state index contributed by atoms with van der Waals surface area (Å²) in [6.45, 7) is 5.88. The van der Waals surface area contributed by atoms with Gasteiger partial charge in [0, 0.05) is 7.11 Å². The Morgan fingerprint density at radius 2 is 2.06 bits per heavy atom. The first-order valence-corrected chi connectivity index (χ1v) is 6.16. The number of hydrogen-bond donors (Lipinski definition) is 0. The van der Waals surface area contributed by atoms with E-state index in [-0.39, 0.29) is 5.76 Å². The van der Waals surface area contributed by atoms with E-state index in [0.717, 1.165) is 6.42 Å². The molecule has 5 nitrogen and oxygen atoms in total. The van der Waals surface area contributed by atoms with Crippen LogP contribution in [-0.4, -0.2) is 25.2 Å². The van der Waals surface area contributed by atoms with Gasteiger partial charge >= 0.3 is 5.97 Å². The van der Waals surface area contributed by atoms with E-state index in [2.05, 4.69) is 4.98 Å². The number of esters is 1. The molecule has 0 saturated carbocycles. The molecule has 0 spiro atoms. The topological polar surface area (TPSA) is 61.6 Å². The van der Waals surface area contributed by atoms with Crippen LogP contribution < -0.4 is 0 Å². The molecule has 0 aliphatic carbocycles. The molecule has 0 aliphatic heterocycles. The van der Waals surface area contributed by atoms with Crippen molar-refractivity contribution in [2.24, 2.45) is 0 Å². The van der Waals surface area contributed by atoms with Crippen LogP contribution in [0.25, 0.3) is 0 Å². The molecule has 0 N–H and O–H groups in total. The van der Waals surface area contributed by atoms with Crippen LogP contribution in [-0.2, 0) is 21.5 Å². The number of carbonyl (C=O) groups excluding carboxylic acids is 1. The zero-order chi connectivity index (χ0) is 13.8. The SMILES string of the molecule is CCCc1nc(C(C)(CC)OC)oc1C(=O)OC. The Labute approximate surface area is 107 Å². The van der Waals surface area contributed by atoms with Gasteiger partial charge in [0.2, 0.25) is 11.7 Å². The van der Waals surface area contributed by atoms with E-state index < -0.39 is 11.6 Å². The first-order chi connectivity index (χ1) is 8.52. The number of oxazole rings is 1. The van der Waals surface area contributed by atoms with E-state index in [1.807, 2.05) is 20.8 Å². The molecule has 1 unspecified atom stereocenters. The van der Waals surface area contributed by atoms with Gasteiger partial charge in [-0.25, -0.2) is 9.78 Å². The normalized spacial score (nSPS) is 14.3. The van der Waals surface area contributed by atoms with Crippen molar-refractivity contribution < 1.29 is 18.7 Å². The van der Waals surface area contributed by atoms with Gasteiger partial charge in [-0.1, -0.05) is 20.3 Å². The third-order valence-electron chi connectivity index (χ3n) is 3.13. The predicted octanol–water partition coefficient (Wildman–Crippen LogP) is 2.69. The van der Waals surface area contributed by atoms with Crippen molar-refractivity contribution >= 4 is 5.97 Å². The number of hydrogen-bond acceptors (Lipinski definition) is 5. The second kappa shape index (κ2) is 6.00. The molecule has 5 heteroatoms. The highest BCUT2D eigenvalue weighted by Crippen LogP contribution is 2.29. The maximum atomic E-state index is 11.6. The van der Waals surface area contributed by atoms with Crippen LogP contribution in [0.3, 0.4) is 0 Å². The number of ether oxygens (including phenoxy) is 2. The zero-order valence-corrected chi connectivity index (χ0v) is 11.7. The minimum Gasteiger partial charge on any atom is -0.463 e. The van der Waals surface area contributed by atoms with Crippen molar-refractivity contribution in [1.82, 2.24) is 4.98 Å². The Morgan fingerprint density at radius 3 is 2.50 bits per heavy atom. The standard InChI is InChI=1S/C13H21NO4/c1-6-8-9-10(11(15)16-4)18-12(14-9)13(3,7-2)17-5/h6-8H2,1-5H3.